The molecule has 1 atom stereocenters. The Labute approximate surface area is 242 Å². The van der Waals surface area contributed by atoms with E-state index in [1.165, 1.54) is 141 Å². The molecule has 0 heterocycles. The average Bonchev–Trinajstić information content (AvgIpc) is 2.93. The fourth-order valence-electron chi connectivity index (χ4n) is 5.13. The van der Waals surface area contributed by atoms with Crippen molar-refractivity contribution in [2.75, 3.05) is 6.61 Å². The van der Waals surface area contributed by atoms with Crippen LogP contribution in [-0.4, -0.2) is 23.7 Å². The van der Waals surface area contributed by atoms with E-state index in [2.05, 4.69) is 25.7 Å². The van der Waals surface area contributed by atoms with Gasteiger partial charge >= 0.3 is 11.9 Å². The summed E-state index contributed by atoms with van der Waals surface area (Å²) < 4.78 is 4.91. The van der Waals surface area contributed by atoms with E-state index < -0.39 is 17.9 Å². The zero-order chi connectivity index (χ0) is 28.7. The van der Waals surface area contributed by atoms with Gasteiger partial charge in [0.1, 0.15) is 6.61 Å². The highest BCUT2D eigenvalue weighted by molar-refractivity contribution is 5.78. The van der Waals surface area contributed by atoms with Gasteiger partial charge in [-0.25, -0.2) is 0 Å². The third-order valence-corrected chi connectivity index (χ3v) is 7.69. The number of hydrogen-bond donors (Lipinski definition) is 1. The Morgan fingerprint density at radius 2 is 1.03 bits per heavy atom. The van der Waals surface area contributed by atoms with Crippen molar-refractivity contribution < 1.29 is 19.4 Å². The number of carbonyl (C=O) groups excluding carboxylic acids is 1. The summed E-state index contributed by atoms with van der Waals surface area (Å²) in [5.41, 5.74) is 0. The number of carboxylic acid groups (broad SMARTS) is 1. The van der Waals surface area contributed by atoms with Gasteiger partial charge in [-0.2, -0.15) is 0 Å². The molecule has 0 saturated heterocycles. The van der Waals surface area contributed by atoms with Crippen LogP contribution in [0.2, 0.25) is 0 Å². The Morgan fingerprint density at radius 1 is 0.641 bits per heavy atom. The van der Waals surface area contributed by atoms with E-state index in [9.17, 15) is 14.7 Å². The summed E-state index contributed by atoms with van der Waals surface area (Å²) in [6, 6.07) is 0. The van der Waals surface area contributed by atoms with Crippen molar-refractivity contribution in [3.63, 3.8) is 0 Å². The van der Waals surface area contributed by atoms with Crippen molar-refractivity contribution in [1.29, 1.82) is 0 Å². The molecule has 1 N–H and O–H groups in total. The maximum Gasteiger partial charge on any atom is 0.307 e. The summed E-state index contributed by atoms with van der Waals surface area (Å²) in [6.07, 6.45) is 38.5. The van der Waals surface area contributed by atoms with Crippen LogP contribution in [0, 0.1) is 5.92 Å². The van der Waals surface area contributed by atoms with Crippen LogP contribution in [0.15, 0.2) is 24.8 Å². The van der Waals surface area contributed by atoms with Crippen molar-refractivity contribution in [3.05, 3.63) is 24.8 Å². The van der Waals surface area contributed by atoms with Crippen molar-refractivity contribution >= 4 is 11.9 Å². The lowest BCUT2D eigenvalue weighted by atomic mass is 9.97. The van der Waals surface area contributed by atoms with Gasteiger partial charge in [0.15, 0.2) is 0 Å². The van der Waals surface area contributed by atoms with Crippen LogP contribution < -0.4 is 0 Å². The number of unbranched alkanes of at least 4 members (excludes halogenated alkanes) is 22. The summed E-state index contributed by atoms with van der Waals surface area (Å²) in [5, 5.41) is 9.31. The van der Waals surface area contributed by atoms with E-state index in [1.54, 1.807) is 0 Å². The van der Waals surface area contributed by atoms with Crippen molar-refractivity contribution in [2.24, 2.45) is 5.92 Å². The highest BCUT2D eigenvalue weighted by atomic mass is 16.5. The first-order valence-corrected chi connectivity index (χ1v) is 16.8. The topological polar surface area (TPSA) is 63.6 Å². The Bertz CT molecular complexity index is 583. The first-order valence-electron chi connectivity index (χ1n) is 16.8. The molecule has 4 heteroatoms. The van der Waals surface area contributed by atoms with Gasteiger partial charge in [-0.15, -0.1) is 0 Å². The summed E-state index contributed by atoms with van der Waals surface area (Å²) in [6.45, 7) is 5.92. The van der Waals surface area contributed by atoms with Crippen LogP contribution in [0.1, 0.15) is 174 Å². The third kappa shape index (κ3) is 29.2. The standard InChI is InChI=1S/C35H64O4/c1-3-5-6-7-8-9-10-11-12-13-14-15-16-17-18-19-20-21-22-23-24-25-26-27-28-29-30-33(35(37)38)32-34(36)39-31-4-2/h4,12-13,33H,2-3,5-11,14-32H2,1H3,(H,37,38)/b13-12+. The van der Waals surface area contributed by atoms with Crippen LogP contribution >= 0.6 is 0 Å². The summed E-state index contributed by atoms with van der Waals surface area (Å²) in [4.78, 5) is 23.0. The number of allylic oxidation sites excluding steroid dienone is 2. The number of ether oxygens (including phenoxy) is 1. The molecule has 0 radical (unpaired) electrons. The Morgan fingerprint density at radius 3 is 1.41 bits per heavy atom. The molecule has 228 valence electrons. The molecule has 0 rings (SSSR count). The van der Waals surface area contributed by atoms with E-state index in [0.717, 1.165) is 19.3 Å². The van der Waals surface area contributed by atoms with E-state index >= 15 is 0 Å². The zero-order valence-electron chi connectivity index (χ0n) is 25.8. The van der Waals surface area contributed by atoms with Crippen molar-refractivity contribution in [2.45, 2.75) is 174 Å². The second-order valence-electron chi connectivity index (χ2n) is 11.5. The first-order chi connectivity index (χ1) is 19.1. The largest absolute Gasteiger partial charge is 0.481 e. The fourth-order valence-corrected chi connectivity index (χ4v) is 5.13. The fraction of sp³-hybridized carbons (Fsp3) is 0.829. The van der Waals surface area contributed by atoms with E-state index in [-0.39, 0.29) is 13.0 Å². The molecule has 0 aliphatic rings. The number of carboxylic acids is 1. The molecule has 0 aromatic heterocycles. The molecular formula is C35H64O4. The van der Waals surface area contributed by atoms with Gasteiger partial charge in [0.05, 0.1) is 12.3 Å². The van der Waals surface area contributed by atoms with Gasteiger partial charge < -0.3 is 9.84 Å². The number of aliphatic carboxylic acids is 1. The normalized spacial score (nSPS) is 12.1. The van der Waals surface area contributed by atoms with Gasteiger partial charge in [-0.1, -0.05) is 160 Å². The predicted octanol–water partition coefficient (Wildman–Crippen LogP) is 11.1. The van der Waals surface area contributed by atoms with E-state index in [4.69, 9.17) is 4.74 Å². The minimum Gasteiger partial charge on any atom is -0.481 e. The second kappa shape index (κ2) is 31.0. The quantitative estimate of drug-likeness (QED) is 0.0531. The Kier molecular flexibility index (Phi) is 29.7. The number of hydrogen-bond acceptors (Lipinski definition) is 3. The molecule has 0 spiro atoms. The number of rotatable bonds is 31. The van der Waals surface area contributed by atoms with Crippen molar-refractivity contribution in [1.82, 2.24) is 0 Å². The van der Waals surface area contributed by atoms with Gasteiger partial charge in [-0.05, 0) is 32.1 Å². The van der Waals surface area contributed by atoms with Gasteiger partial charge in [0, 0.05) is 0 Å². The molecule has 0 fully saturated rings. The maximum absolute atomic E-state index is 11.6. The summed E-state index contributed by atoms with van der Waals surface area (Å²) >= 11 is 0. The lowest BCUT2D eigenvalue weighted by Gasteiger charge is -2.11. The summed E-state index contributed by atoms with van der Waals surface area (Å²) in [5.74, 6) is -1.98. The molecular weight excluding hydrogens is 484 g/mol. The molecule has 39 heavy (non-hydrogen) atoms. The van der Waals surface area contributed by atoms with Crippen LogP contribution in [0.25, 0.3) is 0 Å². The molecule has 0 aromatic rings. The summed E-state index contributed by atoms with van der Waals surface area (Å²) in [7, 11) is 0. The third-order valence-electron chi connectivity index (χ3n) is 7.69. The second-order valence-corrected chi connectivity index (χ2v) is 11.5. The maximum atomic E-state index is 11.6. The first kappa shape index (κ1) is 37.4. The monoisotopic (exact) mass is 548 g/mol. The molecule has 0 aromatic carbocycles. The number of esters is 1. The minimum atomic E-state index is -0.900. The average molecular weight is 549 g/mol. The molecule has 0 amide bonds. The highest BCUT2D eigenvalue weighted by Gasteiger charge is 2.21. The van der Waals surface area contributed by atoms with Crippen LogP contribution in [0.5, 0.6) is 0 Å². The predicted molar refractivity (Wildman–Crippen MR) is 167 cm³/mol. The molecule has 0 aliphatic heterocycles. The van der Waals surface area contributed by atoms with Crippen LogP contribution in [-0.2, 0) is 14.3 Å². The van der Waals surface area contributed by atoms with E-state index in [0.29, 0.717) is 6.42 Å². The van der Waals surface area contributed by atoms with Crippen LogP contribution in [0.4, 0.5) is 0 Å². The molecule has 0 aliphatic carbocycles. The molecule has 1 unspecified atom stereocenters. The molecule has 4 nitrogen and oxygen atoms in total. The Hall–Kier alpha value is -1.58. The molecule has 0 bridgehead atoms. The smallest absolute Gasteiger partial charge is 0.307 e. The van der Waals surface area contributed by atoms with Crippen molar-refractivity contribution in [3.8, 4) is 0 Å². The number of carbonyl (C=O) groups is 2. The van der Waals surface area contributed by atoms with Gasteiger partial charge in [0.25, 0.3) is 0 Å². The Balaban J connectivity index is 3.32. The zero-order valence-corrected chi connectivity index (χ0v) is 25.8. The van der Waals surface area contributed by atoms with Gasteiger partial charge in [0.2, 0.25) is 0 Å². The van der Waals surface area contributed by atoms with Gasteiger partial charge in [-0.3, -0.25) is 9.59 Å². The SMILES string of the molecule is C=CCOC(=O)CC(CCCCCCCCCCCCCCCCC/C=C/CCCCCCCCC)C(=O)O. The lowest BCUT2D eigenvalue weighted by Crippen LogP contribution is -2.19. The van der Waals surface area contributed by atoms with Crippen LogP contribution in [0.3, 0.4) is 0 Å². The molecule has 0 saturated carbocycles. The lowest BCUT2D eigenvalue weighted by molar-refractivity contribution is -0.151. The van der Waals surface area contributed by atoms with E-state index in [1.807, 2.05) is 0 Å². The highest BCUT2D eigenvalue weighted by Crippen LogP contribution is 2.18. The minimum absolute atomic E-state index is 0.0415.